The van der Waals surface area contributed by atoms with Crippen molar-refractivity contribution in [2.45, 2.75) is 39.2 Å². The molecule has 0 saturated carbocycles. The Morgan fingerprint density at radius 1 is 1.15 bits per heavy atom. The predicted octanol–water partition coefficient (Wildman–Crippen LogP) is 4.44. The van der Waals surface area contributed by atoms with Crippen LogP contribution in [0.4, 0.5) is 5.82 Å². The van der Waals surface area contributed by atoms with Crippen molar-refractivity contribution in [1.29, 1.82) is 0 Å². The number of anilines is 1. The minimum absolute atomic E-state index is 0.0955. The van der Waals surface area contributed by atoms with E-state index in [9.17, 15) is 9.59 Å². The Hall–Kier alpha value is -2.40. The molecule has 3 atom stereocenters. The Balaban J connectivity index is 2.05. The number of halogens is 1. The summed E-state index contributed by atoms with van der Waals surface area (Å²) < 4.78 is 5.44. The molecule has 0 radical (unpaired) electrons. The monoisotopic (exact) mass is 374 g/mol. The summed E-state index contributed by atoms with van der Waals surface area (Å²) in [7, 11) is 0. The number of carbonyl (C=O) groups is 2. The number of ether oxygens (including phenoxy) is 1. The van der Waals surface area contributed by atoms with Crippen LogP contribution >= 0.6 is 11.6 Å². The summed E-state index contributed by atoms with van der Waals surface area (Å²) in [5.74, 6) is -0.812. The lowest BCUT2D eigenvalue weighted by molar-refractivity contribution is -0.155. The van der Waals surface area contributed by atoms with Gasteiger partial charge in [0.2, 0.25) is 0 Å². The van der Waals surface area contributed by atoms with Crippen LogP contribution < -0.4 is 5.32 Å². The van der Waals surface area contributed by atoms with Crippen LogP contribution in [0, 0.1) is 5.92 Å². The minimum Gasteiger partial charge on any atom is -0.452 e. The highest BCUT2D eigenvalue weighted by molar-refractivity contribution is 6.30. The van der Waals surface area contributed by atoms with E-state index in [4.69, 9.17) is 16.3 Å². The molecule has 0 unspecified atom stereocenters. The molecular weight excluding hydrogens is 352 g/mol. The van der Waals surface area contributed by atoms with Crippen LogP contribution in [0.1, 0.15) is 38.7 Å². The van der Waals surface area contributed by atoms with Gasteiger partial charge in [-0.1, -0.05) is 62.2 Å². The minimum atomic E-state index is -0.935. The third-order valence-corrected chi connectivity index (χ3v) is 4.49. The van der Waals surface area contributed by atoms with E-state index in [1.54, 1.807) is 19.1 Å². The molecule has 0 fully saturated rings. The fraction of sp³-hybridized carbons (Fsp3) is 0.350. The maximum atomic E-state index is 12.7. The molecule has 0 bridgehead atoms. The molecule has 1 amide bonds. The summed E-state index contributed by atoms with van der Waals surface area (Å²) in [6.07, 6.45) is 1.32. The quantitative estimate of drug-likeness (QED) is 0.727. The van der Waals surface area contributed by atoms with Crippen molar-refractivity contribution >= 4 is 29.3 Å². The second kappa shape index (κ2) is 9.34. The summed E-state index contributed by atoms with van der Waals surface area (Å²) in [6, 6.07) is 12.7. The molecule has 1 N–H and O–H groups in total. The van der Waals surface area contributed by atoms with Crippen molar-refractivity contribution < 1.29 is 14.3 Å². The van der Waals surface area contributed by atoms with Gasteiger partial charge < -0.3 is 10.1 Å². The van der Waals surface area contributed by atoms with Gasteiger partial charge in [0.1, 0.15) is 5.82 Å². The van der Waals surface area contributed by atoms with Crippen LogP contribution in [0.5, 0.6) is 0 Å². The first-order valence-corrected chi connectivity index (χ1v) is 8.98. The SMILES string of the molecule is CC[C@H](C)[C@@H](C(=O)O[C@@H](C)C(=O)Nc1ccc(Cl)cn1)c1ccccc1. The second-order valence-corrected chi connectivity index (χ2v) is 6.64. The largest absolute Gasteiger partial charge is 0.452 e. The Kier molecular flexibility index (Phi) is 7.16. The number of hydrogen-bond donors (Lipinski definition) is 1. The average molecular weight is 375 g/mol. The molecule has 138 valence electrons. The van der Waals surface area contributed by atoms with Crippen LogP contribution in [0.15, 0.2) is 48.7 Å². The molecule has 0 aliphatic heterocycles. The summed E-state index contributed by atoms with van der Waals surface area (Å²) >= 11 is 5.77. The van der Waals surface area contributed by atoms with Crippen LogP contribution in [-0.2, 0) is 14.3 Å². The highest BCUT2D eigenvalue weighted by atomic mass is 35.5. The van der Waals surface area contributed by atoms with E-state index in [0.29, 0.717) is 10.8 Å². The first-order chi connectivity index (χ1) is 12.4. The highest BCUT2D eigenvalue weighted by Gasteiger charge is 2.30. The molecule has 5 nitrogen and oxygen atoms in total. The van der Waals surface area contributed by atoms with Crippen LogP contribution in [0.2, 0.25) is 5.02 Å². The molecule has 1 heterocycles. The number of pyridine rings is 1. The predicted molar refractivity (Wildman–Crippen MR) is 102 cm³/mol. The zero-order valence-electron chi connectivity index (χ0n) is 15.1. The third kappa shape index (κ3) is 5.30. The van der Waals surface area contributed by atoms with Crippen molar-refractivity contribution in [3.05, 3.63) is 59.2 Å². The van der Waals surface area contributed by atoms with Gasteiger partial charge in [-0.25, -0.2) is 4.98 Å². The van der Waals surface area contributed by atoms with E-state index in [-0.39, 0.29) is 5.92 Å². The van der Waals surface area contributed by atoms with Gasteiger partial charge in [0, 0.05) is 6.20 Å². The highest BCUT2D eigenvalue weighted by Crippen LogP contribution is 2.28. The van der Waals surface area contributed by atoms with Gasteiger partial charge in [-0.2, -0.15) is 0 Å². The first kappa shape index (κ1) is 19.9. The number of rotatable bonds is 7. The number of benzene rings is 1. The van der Waals surface area contributed by atoms with E-state index < -0.39 is 23.9 Å². The number of carbonyl (C=O) groups excluding carboxylic acids is 2. The number of aromatic nitrogens is 1. The third-order valence-electron chi connectivity index (χ3n) is 4.27. The van der Waals surface area contributed by atoms with Gasteiger partial charge in [0.05, 0.1) is 10.9 Å². The average Bonchev–Trinajstić information content (AvgIpc) is 2.64. The molecule has 6 heteroatoms. The summed E-state index contributed by atoms with van der Waals surface area (Å²) in [4.78, 5) is 29.0. The van der Waals surface area contributed by atoms with Crippen LogP contribution in [0.3, 0.4) is 0 Å². The molecule has 1 aromatic heterocycles. The van der Waals surface area contributed by atoms with Gasteiger partial charge in [-0.3, -0.25) is 9.59 Å². The van der Waals surface area contributed by atoms with Crippen molar-refractivity contribution in [1.82, 2.24) is 4.98 Å². The maximum absolute atomic E-state index is 12.7. The number of nitrogens with one attached hydrogen (secondary N) is 1. The molecule has 2 rings (SSSR count). The summed E-state index contributed by atoms with van der Waals surface area (Å²) in [6.45, 7) is 5.57. The number of nitrogens with zero attached hydrogens (tertiary/aromatic N) is 1. The smallest absolute Gasteiger partial charge is 0.314 e. The number of amides is 1. The Morgan fingerprint density at radius 3 is 2.42 bits per heavy atom. The lowest BCUT2D eigenvalue weighted by Crippen LogP contribution is -2.33. The van der Waals surface area contributed by atoms with E-state index in [2.05, 4.69) is 10.3 Å². The molecule has 2 aromatic rings. The normalized spacial score (nSPS) is 14.2. The molecule has 1 aromatic carbocycles. The summed E-state index contributed by atoms with van der Waals surface area (Å²) in [5, 5.41) is 3.08. The number of hydrogen-bond acceptors (Lipinski definition) is 4. The molecular formula is C20H23ClN2O3. The molecule has 0 aliphatic carbocycles. The molecule has 0 aliphatic rings. The Morgan fingerprint density at radius 2 is 1.85 bits per heavy atom. The van der Waals surface area contributed by atoms with E-state index in [1.807, 2.05) is 44.2 Å². The van der Waals surface area contributed by atoms with Gasteiger partial charge in [0.25, 0.3) is 5.91 Å². The zero-order valence-corrected chi connectivity index (χ0v) is 15.9. The standard InChI is InChI=1S/C20H23ClN2O3/c1-4-13(2)18(15-8-6-5-7-9-15)20(25)26-14(3)19(24)23-17-11-10-16(21)12-22-17/h5-14,18H,4H2,1-3H3,(H,22,23,24)/t13-,14-,18+/m0/s1. The van der Waals surface area contributed by atoms with Crippen molar-refractivity contribution in [2.75, 3.05) is 5.32 Å². The van der Waals surface area contributed by atoms with E-state index >= 15 is 0 Å². The lowest BCUT2D eigenvalue weighted by Gasteiger charge is -2.23. The van der Waals surface area contributed by atoms with Gasteiger partial charge in [0.15, 0.2) is 6.10 Å². The Bertz CT molecular complexity index is 734. The van der Waals surface area contributed by atoms with Gasteiger partial charge in [-0.05, 0) is 30.5 Å². The Labute approximate surface area is 158 Å². The lowest BCUT2D eigenvalue weighted by atomic mass is 9.85. The van der Waals surface area contributed by atoms with Crippen molar-refractivity contribution in [2.24, 2.45) is 5.92 Å². The van der Waals surface area contributed by atoms with Gasteiger partial charge in [-0.15, -0.1) is 0 Å². The second-order valence-electron chi connectivity index (χ2n) is 6.20. The topological polar surface area (TPSA) is 68.3 Å². The fourth-order valence-electron chi connectivity index (χ4n) is 2.57. The van der Waals surface area contributed by atoms with Crippen LogP contribution in [0.25, 0.3) is 0 Å². The molecule has 0 saturated heterocycles. The van der Waals surface area contributed by atoms with Gasteiger partial charge >= 0.3 is 5.97 Å². The maximum Gasteiger partial charge on any atom is 0.314 e. The van der Waals surface area contributed by atoms with E-state index in [1.165, 1.54) is 6.20 Å². The van der Waals surface area contributed by atoms with Crippen LogP contribution in [-0.4, -0.2) is 23.0 Å². The number of esters is 1. The first-order valence-electron chi connectivity index (χ1n) is 8.60. The fourth-order valence-corrected chi connectivity index (χ4v) is 2.68. The van der Waals surface area contributed by atoms with Crippen molar-refractivity contribution in [3.63, 3.8) is 0 Å². The molecule has 26 heavy (non-hydrogen) atoms. The molecule has 0 spiro atoms. The zero-order chi connectivity index (χ0) is 19.1. The van der Waals surface area contributed by atoms with Crippen molar-refractivity contribution in [3.8, 4) is 0 Å². The summed E-state index contributed by atoms with van der Waals surface area (Å²) in [5.41, 5.74) is 0.888. The van der Waals surface area contributed by atoms with E-state index in [0.717, 1.165) is 12.0 Å².